The van der Waals surface area contributed by atoms with Gasteiger partial charge >= 0.3 is 0 Å². The van der Waals surface area contributed by atoms with Gasteiger partial charge in [0, 0.05) is 5.56 Å². The van der Waals surface area contributed by atoms with E-state index in [9.17, 15) is 9.18 Å². The van der Waals surface area contributed by atoms with Crippen LogP contribution in [0.5, 0.6) is 5.75 Å². The Kier molecular flexibility index (Phi) is 4.55. The number of rotatable bonds is 3. The van der Waals surface area contributed by atoms with Crippen LogP contribution >= 0.6 is 15.9 Å². The Morgan fingerprint density at radius 3 is 2.67 bits per heavy atom. The summed E-state index contributed by atoms with van der Waals surface area (Å²) in [6.45, 7) is 0. The summed E-state index contributed by atoms with van der Waals surface area (Å²) < 4.78 is 19.4. The van der Waals surface area contributed by atoms with Gasteiger partial charge in [-0.3, -0.25) is 4.79 Å². The molecule has 0 aliphatic heterocycles. The number of benzene rings is 2. The number of hydrogen-bond acceptors (Lipinski definition) is 3. The van der Waals surface area contributed by atoms with Crippen LogP contribution in [0.25, 0.3) is 0 Å². The van der Waals surface area contributed by atoms with E-state index in [-0.39, 0.29) is 11.3 Å². The van der Waals surface area contributed by atoms with Crippen LogP contribution in [-0.4, -0.2) is 13.0 Å². The zero-order chi connectivity index (χ0) is 15.4. The van der Waals surface area contributed by atoms with Crippen molar-refractivity contribution in [2.75, 3.05) is 12.4 Å². The van der Waals surface area contributed by atoms with Crippen molar-refractivity contribution in [3.8, 4) is 11.8 Å². The van der Waals surface area contributed by atoms with Crippen LogP contribution in [0.15, 0.2) is 40.9 Å². The largest absolute Gasteiger partial charge is 0.496 e. The van der Waals surface area contributed by atoms with Gasteiger partial charge in [0.2, 0.25) is 0 Å². The van der Waals surface area contributed by atoms with Crippen molar-refractivity contribution < 1.29 is 13.9 Å². The number of ether oxygens (including phenoxy) is 1. The molecule has 106 valence electrons. The Labute approximate surface area is 129 Å². The van der Waals surface area contributed by atoms with Gasteiger partial charge in [0.1, 0.15) is 11.6 Å². The molecule has 6 heteroatoms. The molecule has 1 amide bonds. The lowest BCUT2D eigenvalue weighted by Gasteiger charge is -2.08. The minimum absolute atomic E-state index is 0.0194. The average Bonchev–Trinajstić information content (AvgIpc) is 2.49. The molecule has 2 rings (SSSR count). The molecule has 4 nitrogen and oxygen atoms in total. The van der Waals surface area contributed by atoms with Crippen LogP contribution < -0.4 is 10.1 Å². The molecule has 0 saturated heterocycles. The molecule has 2 aromatic carbocycles. The van der Waals surface area contributed by atoms with Crippen LogP contribution in [-0.2, 0) is 0 Å². The Morgan fingerprint density at radius 2 is 2.10 bits per heavy atom. The van der Waals surface area contributed by atoms with Crippen LogP contribution in [0.1, 0.15) is 15.9 Å². The smallest absolute Gasteiger partial charge is 0.255 e. The number of anilines is 1. The van der Waals surface area contributed by atoms with Crippen molar-refractivity contribution in [1.82, 2.24) is 0 Å². The molecular formula is C15H10BrFN2O2. The van der Waals surface area contributed by atoms with E-state index in [1.165, 1.54) is 19.2 Å². The number of hydrogen-bond donors (Lipinski definition) is 1. The summed E-state index contributed by atoms with van der Waals surface area (Å²) in [5.41, 5.74) is 0.565. The minimum atomic E-state index is -0.657. The fraction of sp³-hybridized carbons (Fsp3) is 0.0667. The lowest BCUT2D eigenvalue weighted by Crippen LogP contribution is -2.13. The first kappa shape index (κ1) is 15.0. The Bertz CT molecular complexity index is 741. The fourth-order valence-corrected chi connectivity index (χ4v) is 2.23. The van der Waals surface area contributed by atoms with Gasteiger partial charge in [-0.15, -0.1) is 0 Å². The van der Waals surface area contributed by atoms with Gasteiger partial charge in [0.05, 0.1) is 28.9 Å². The standard InChI is InChI=1S/C15H10BrFN2O2/c1-21-14-5-3-10(7-11(14)16)15(20)19-13-4-2-9(8-18)6-12(13)17/h2-7H,1H3,(H,19,20). The van der Waals surface area contributed by atoms with Gasteiger partial charge in [-0.05, 0) is 52.3 Å². The van der Waals surface area contributed by atoms with E-state index in [4.69, 9.17) is 10.00 Å². The second-order valence-corrected chi connectivity index (χ2v) is 4.96. The first-order valence-electron chi connectivity index (χ1n) is 5.89. The molecule has 0 aliphatic rings. The summed E-state index contributed by atoms with van der Waals surface area (Å²) in [6.07, 6.45) is 0. The molecule has 0 aliphatic carbocycles. The highest BCUT2D eigenvalue weighted by Crippen LogP contribution is 2.26. The Balaban J connectivity index is 2.22. The summed E-state index contributed by atoms with van der Waals surface area (Å²) in [7, 11) is 1.52. The third-order valence-electron chi connectivity index (χ3n) is 2.76. The number of carbonyl (C=O) groups is 1. The van der Waals surface area contributed by atoms with Crippen molar-refractivity contribution in [2.24, 2.45) is 0 Å². The normalized spacial score (nSPS) is 9.81. The summed E-state index contributed by atoms with van der Waals surface area (Å²) in [5.74, 6) is -0.520. The van der Waals surface area contributed by atoms with Gasteiger partial charge in [-0.25, -0.2) is 4.39 Å². The van der Waals surface area contributed by atoms with Gasteiger partial charge in [0.15, 0.2) is 0 Å². The summed E-state index contributed by atoms with van der Waals surface area (Å²) in [6, 6.07) is 10.5. The van der Waals surface area contributed by atoms with Gasteiger partial charge in [0.25, 0.3) is 5.91 Å². The van der Waals surface area contributed by atoms with Crippen LogP contribution in [0.2, 0.25) is 0 Å². The van der Waals surface area contributed by atoms with Crippen LogP contribution in [0.4, 0.5) is 10.1 Å². The summed E-state index contributed by atoms with van der Waals surface area (Å²) in [4.78, 5) is 12.1. The third-order valence-corrected chi connectivity index (χ3v) is 3.38. The highest BCUT2D eigenvalue weighted by Gasteiger charge is 2.12. The molecule has 0 atom stereocenters. The quantitative estimate of drug-likeness (QED) is 0.919. The lowest BCUT2D eigenvalue weighted by molar-refractivity contribution is 0.102. The van der Waals surface area contributed by atoms with E-state index < -0.39 is 11.7 Å². The van der Waals surface area contributed by atoms with E-state index in [0.29, 0.717) is 15.8 Å². The molecule has 0 aromatic heterocycles. The average molecular weight is 349 g/mol. The van der Waals surface area contributed by atoms with E-state index in [2.05, 4.69) is 21.2 Å². The summed E-state index contributed by atoms with van der Waals surface area (Å²) >= 11 is 3.28. The second kappa shape index (κ2) is 6.37. The maximum Gasteiger partial charge on any atom is 0.255 e. The molecule has 0 heterocycles. The number of nitrogens with zero attached hydrogens (tertiary/aromatic N) is 1. The number of carbonyl (C=O) groups excluding carboxylic acids is 1. The third kappa shape index (κ3) is 3.38. The predicted octanol–water partition coefficient (Wildman–Crippen LogP) is 3.72. The van der Waals surface area contributed by atoms with E-state index in [0.717, 1.165) is 6.07 Å². The van der Waals surface area contributed by atoms with Gasteiger partial charge in [-0.2, -0.15) is 5.26 Å². The van der Waals surface area contributed by atoms with Crippen molar-refractivity contribution in [3.05, 3.63) is 57.8 Å². The number of halogens is 2. The maximum atomic E-state index is 13.7. The van der Waals surface area contributed by atoms with Crippen molar-refractivity contribution in [1.29, 1.82) is 5.26 Å². The molecule has 0 saturated carbocycles. The second-order valence-electron chi connectivity index (χ2n) is 4.11. The lowest BCUT2D eigenvalue weighted by atomic mass is 10.1. The van der Waals surface area contributed by atoms with Crippen molar-refractivity contribution >= 4 is 27.5 Å². The van der Waals surface area contributed by atoms with E-state index in [1.807, 2.05) is 6.07 Å². The van der Waals surface area contributed by atoms with Gasteiger partial charge in [-0.1, -0.05) is 0 Å². The molecule has 21 heavy (non-hydrogen) atoms. The Morgan fingerprint density at radius 1 is 1.33 bits per heavy atom. The summed E-state index contributed by atoms with van der Waals surface area (Å²) in [5, 5.41) is 11.1. The SMILES string of the molecule is COc1ccc(C(=O)Nc2ccc(C#N)cc2F)cc1Br. The topological polar surface area (TPSA) is 62.1 Å². The number of amides is 1. The molecule has 2 aromatic rings. The van der Waals surface area contributed by atoms with Gasteiger partial charge < -0.3 is 10.1 Å². The first-order valence-corrected chi connectivity index (χ1v) is 6.69. The molecular weight excluding hydrogens is 339 g/mol. The minimum Gasteiger partial charge on any atom is -0.496 e. The fourth-order valence-electron chi connectivity index (χ4n) is 1.69. The highest BCUT2D eigenvalue weighted by molar-refractivity contribution is 9.10. The van der Waals surface area contributed by atoms with E-state index in [1.54, 1.807) is 18.2 Å². The first-order chi connectivity index (χ1) is 10.0. The predicted molar refractivity (Wildman–Crippen MR) is 79.8 cm³/mol. The number of methoxy groups -OCH3 is 1. The zero-order valence-electron chi connectivity index (χ0n) is 11.0. The van der Waals surface area contributed by atoms with Crippen LogP contribution in [0, 0.1) is 17.1 Å². The monoisotopic (exact) mass is 348 g/mol. The Hall–Kier alpha value is -2.39. The number of nitrogens with one attached hydrogen (secondary N) is 1. The molecule has 0 bridgehead atoms. The molecule has 0 unspecified atom stereocenters. The zero-order valence-corrected chi connectivity index (χ0v) is 12.6. The number of nitriles is 1. The molecule has 0 radical (unpaired) electrons. The highest BCUT2D eigenvalue weighted by atomic mass is 79.9. The molecule has 1 N–H and O–H groups in total. The van der Waals surface area contributed by atoms with E-state index >= 15 is 0 Å². The maximum absolute atomic E-state index is 13.7. The van der Waals surface area contributed by atoms with Crippen LogP contribution in [0.3, 0.4) is 0 Å². The van der Waals surface area contributed by atoms with Crippen molar-refractivity contribution in [3.63, 3.8) is 0 Å². The van der Waals surface area contributed by atoms with Crippen molar-refractivity contribution in [2.45, 2.75) is 0 Å². The molecule has 0 fully saturated rings. The molecule has 0 spiro atoms.